The number of aromatic nitrogens is 4. The molecule has 0 unspecified atom stereocenters. The molecule has 5 aromatic heterocycles. The normalized spacial score (nSPS) is 12.8. The van der Waals surface area contributed by atoms with E-state index in [2.05, 4.69) is 256 Å². The Kier molecular flexibility index (Phi) is 9.06. The van der Waals surface area contributed by atoms with Crippen LogP contribution in [0.4, 0.5) is 17.1 Å². The lowest BCUT2D eigenvalue weighted by Crippen LogP contribution is -2.23. The molecule has 0 N–H and O–H groups in total. The van der Waals surface area contributed by atoms with Crippen LogP contribution in [0.3, 0.4) is 0 Å². The molecule has 1 aliphatic heterocycles. The number of pyridine rings is 1. The summed E-state index contributed by atoms with van der Waals surface area (Å²) >= 11 is 0. The van der Waals surface area contributed by atoms with E-state index in [4.69, 9.17) is 14.1 Å². The second-order valence-electron chi connectivity index (χ2n) is 20.1. The number of aryl methyl sites for hydroxylation is 1. The van der Waals surface area contributed by atoms with Crippen molar-refractivity contribution < 1.29 is 9.15 Å². The number of rotatable bonds is 7. The van der Waals surface area contributed by atoms with Crippen molar-refractivity contribution in [1.82, 2.24) is 18.7 Å². The fourth-order valence-electron chi connectivity index (χ4n) is 12.5. The Labute approximate surface area is 436 Å². The highest BCUT2D eigenvalue weighted by Gasteiger charge is 2.28. The van der Waals surface area contributed by atoms with Gasteiger partial charge < -0.3 is 28.1 Å². The molecule has 0 spiro atoms. The molecule has 10 aromatic carbocycles. The summed E-state index contributed by atoms with van der Waals surface area (Å²) in [5, 5.41) is 9.15. The van der Waals surface area contributed by atoms with Crippen LogP contribution < -0.4 is 14.5 Å². The first-order chi connectivity index (χ1) is 37.5. The van der Waals surface area contributed by atoms with E-state index in [-0.39, 0.29) is 0 Å². The van der Waals surface area contributed by atoms with E-state index >= 15 is 0 Å². The summed E-state index contributed by atoms with van der Waals surface area (Å²) < 4.78 is 20.9. The predicted molar refractivity (Wildman–Crippen MR) is 313 cm³/mol. The number of para-hydroxylation sites is 8. The Morgan fingerprint density at radius 3 is 1.53 bits per heavy atom. The first-order valence-corrected chi connectivity index (χ1v) is 25.9. The molecule has 8 nitrogen and oxygen atoms in total. The average molecular weight is 979 g/mol. The fraction of sp³-hybridized carbons (Fsp3) is 0.0441. The number of nitrogens with zero attached hydrogens (tertiary/aromatic N) is 6. The van der Waals surface area contributed by atoms with Gasteiger partial charge in [0.2, 0.25) is 0 Å². The van der Waals surface area contributed by atoms with Crippen LogP contribution in [-0.4, -0.2) is 32.4 Å². The molecule has 15 aromatic rings. The summed E-state index contributed by atoms with van der Waals surface area (Å²) in [6.45, 7) is 2.94. The molecule has 0 saturated heterocycles. The molecule has 76 heavy (non-hydrogen) atoms. The van der Waals surface area contributed by atoms with Gasteiger partial charge in [0.1, 0.15) is 17.2 Å². The molecule has 8 heteroatoms. The molecule has 0 amide bonds. The topological polar surface area (TPSA) is 56.5 Å². The smallest absolute Gasteiger partial charge is 0.178 e. The molecular weight excluding hydrogens is 933 g/mol. The molecular formula is C68H46N6O2. The molecule has 0 radical (unpaired) electrons. The van der Waals surface area contributed by atoms with Gasteiger partial charge in [-0.25, -0.2) is 4.98 Å². The summed E-state index contributed by atoms with van der Waals surface area (Å²) in [6.07, 6.45) is 2.09. The minimum Gasteiger partial charge on any atom is -0.453 e. The summed E-state index contributed by atoms with van der Waals surface area (Å²) in [7, 11) is 2.14. The summed E-state index contributed by atoms with van der Waals surface area (Å²) in [5.74, 6) is 2.16. The third kappa shape index (κ3) is 6.15. The van der Waals surface area contributed by atoms with Crippen molar-refractivity contribution in [1.29, 1.82) is 0 Å². The van der Waals surface area contributed by atoms with Crippen LogP contribution in [-0.2, 0) is 0 Å². The zero-order valence-electron chi connectivity index (χ0n) is 41.6. The summed E-state index contributed by atoms with van der Waals surface area (Å²) in [4.78, 5) is 10.1. The Morgan fingerprint density at radius 2 is 0.934 bits per heavy atom. The Morgan fingerprint density at radius 1 is 0.434 bits per heavy atom. The van der Waals surface area contributed by atoms with E-state index in [1.165, 1.54) is 27.2 Å². The Hall–Kier alpha value is -10.1. The molecule has 0 aliphatic carbocycles. The second-order valence-corrected chi connectivity index (χ2v) is 20.1. The zero-order chi connectivity index (χ0) is 50.2. The molecule has 1 aliphatic rings. The van der Waals surface area contributed by atoms with Gasteiger partial charge in [0.05, 0.1) is 62.5 Å². The van der Waals surface area contributed by atoms with Crippen molar-refractivity contribution in [2.75, 3.05) is 23.5 Å². The number of furan rings is 1. The molecule has 360 valence electrons. The van der Waals surface area contributed by atoms with E-state index < -0.39 is 0 Å². The maximum absolute atomic E-state index is 7.08. The van der Waals surface area contributed by atoms with Gasteiger partial charge in [0, 0.05) is 85.3 Å². The first kappa shape index (κ1) is 42.5. The van der Waals surface area contributed by atoms with Gasteiger partial charge >= 0.3 is 0 Å². The average Bonchev–Trinajstić information content (AvgIpc) is 4.34. The van der Waals surface area contributed by atoms with Gasteiger partial charge in [-0.15, -0.1) is 0 Å². The minimum absolute atomic E-state index is 0.650. The maximum Gasteiger partial charge on any atom is 0.178 e. The van der Waals surface area contributed by atoms with E-state index in [1.807, 2.05) is 12.1 Å². The van der Waals surface area contributed by atoms with Gasteiger partial charge in [-0.2, -0.15) is 0 Å². The molecule has 16 rings (SSSR count). The zero-order valence-corrected chi connectivity index (χ0v) is 41.6. The standard InChI is InChI=1S/C68H46N6O2/c1-42-36-66(69-40-53(42)67-61(72-54-24-9-3-18-45(54)46-19-4-10-25-55(46)72)31-17-32-62(67)73-56-26-11-5-20-47(56)48-21-6-12-27-57(48)73)74-58-28-13-7-22-49(58)50-35-34-44(39-63(50)74)75-65-38-43(71-41-70(2)59-29-14-15-30-60(59)71)37-52-51-23-8-16-33-64(51)76-68(52)65/h3-40H,41H2,1-2H3. The van der Waals surface area contributed by atoms with Crippen LogP contribution in [0.1, 0.15) is 5.56 Å². The monoisotopic (exact) mass is 978 g/mol. The number of ether oxygens (including phenoxy) is 1. The number of hydrogen-bond acceptors (Lipinski definition) is 5. The lowest BCUT2D eigenvalue weighted by atomic mass is 9.98. The van der Waals surface area contributed by atoms with E-state index in [0.29, 0.717) is 23.8 Å². The SMILES string of the molecule is Cc1cc(-n2c3ccccc3c3ccc(Oc4cc(N5CN(C)c6ccccc65)cc5c4oc4ccccc45)cc32)ncc1-c1c(-n2c3ccccc3c3ccccc32)cccc1-n1c2ccccc2c2ccccc21. The van der Waals surface area contributed by atoms with E-state index in [0.717, 1.165) is 105 Å². The van der Waals surface area contributed by atoms with Gasteiger partial charge in [-0.1, -0.05) is 127 Å². The minimum atomic E-state index is 0.650. The highest BCUT2D eigenvalue weighted by molar-refractivity contribution is 6.13. The van der Waals surface area contributed by atoms with Crippen molar-refractivity contribution in [3.05, 3.63) is 236 Å². The third-order valence-corrected chi connectivity index (χ3v) is 15.8. The van der Waals surface area contributed by atoms with Crippen LogP contribution in [0.25, 0.3) is 116 Å². The number of benzene rings is 10. The molecule has 6 heterocycles. The first-order valence-electron chi connectivity index (χ1n) is 25.9. The number of anilines is 3. The van der Waals surface area contributed by atoms with Gasteiger partial charge in [0.15, 0.2) is 11.3 Å². The summed E-state index contributed by atoms with van der Waals surface area (Å²) in [6, 6.07) is 80.1. The van der Waals surface area contributed by atoms with Crippen LogP contribution in [0.5, 0.6) is 11.5 Å². The van der Waals surface area contributed by atoms with Crippen LogP contribution in [0.15, 0.2) is 235 Å². The predicted octanol–water partition coefficient (Wildman–Crippen LogP) is 17.6. The van der Waals surface area contributed by atoms with Crippen molar-refractivity contribution in [2.24, 2.45) is 0 Å². The molecule has 0 saturated carbocycles. The van der Waals surface area contributed by atoms with Crippen molar-refractivity contribution in [2.45, 2.75) is 6.92 Å². The summed E-state index contributed by atoms with van der Waals surface area (Å²) in [5.41, 5.74) is 16.9. The van der Waals surface area contributed by atoms with Crippen LogP contribution in [0.2, 0.25) is 0 Å². The maximum atomic E-state index is 7.08. The third-order valence-electron chi connectivity index (χ3n) is 15.8. The van der Waals surface area contributed by atoms with Crippen LogP contribution in [0, 0.1) is 6.92 Å². The largest absolute Gasteiger partial charge is 0.453 e. The van der Waals surface area contributed by atoms with E-state index in [1.54, 1.807) is 0 Å². The molecule has 0 bridgehead atoms. The fourth-order valence-corrected chi connectivity index (χ4v) is 12.5. The van der Waals surface area contributed by atoms with Crippen molar-refractivity contribution >= 4 is 104 Å². The van der Waals surface area contributed by atoms with E-state index in [9.17, 15) is 0 Å². The second kappa shape index (κ2) is 16.2. The number of fused-ring (bicyclic) bond motifs is 13. The quantitative estimate of drug-likeness (QED) is 0.159. The lowest BCUT2D eigenvalue weighted by molar-refractivity contribution is 0.477. The van der Waals surface area contributed by atoms with Gasteiger partial charge in [-0.05, 0) is 97.4 Å². The van der Waals surface area contributed by atoms with Gasteiger partial charge in [0.25, 0.3) is 0 Å². The molecule has 0 atom stereocenters. The van der Waals surface area contributed by atoms with Crippen molar-refractivity contribution in [3.63, 3.8) is 0 Å². The van der Waals surface area contributed by atoms with Crippen LogP contribution >= 0.6 is 0 Å². The lowest BCUT2D eigenvalue weighted by Gasteiger charge is -2.21. The van der Waals surface area contributed by atoms with Gasteiger partial charge in [-0.3, -0.25) is 4.57 Å². The van der Waals surface area contributed by atoms with Crippen molar-refractivity contribution in [3.8, 4) is 39.8 Å². The Balaban J connectivity index is 0.886. The molecule has 0 fully saturated rings. The Bertz CT molecular complexity index is 4660. The highest BCUT2D eigenvalue weighted by Crippen LogP contribution is 2.47. The highest BCUT2D eigenvalue weighted by atomic mass is 16.5. The number of hydrogen-bond donors (Lipinski definition) is 0.